The number of hydrogen-bond donors (Lipinski definition) is 3. The van der Waals surface area contributed by atoms with Crippen molar-refractivity contribution in [2.45, 2.75) is 76.3 Å². The molecule has 2 aliphatic carbocycles. The molecule has 2 amide bonds. The minimum Gasteiger partial charge on any atom is -0.356 e. The third kappa shape index (κ3) is 5.65. The highest BCUT2D eigenvalue weighted by Crippen LogP contribution is 2.26. The lowest BCUT2D eigenvalue weighted by Gasteiger charge is -2.22. The highest BCUT2D eigenvalue weighted by molar-refractivity contribution is 5.79. The average molecular weight is 295 g/mol. The second kappa shape index (κ2) is 8.37. The molecule has 2 atom stereocenters. The summed E-state index contributed by atoms with van der Waals surface area (Å²) in [4.78, 5) is 23.6. The Labute approximate surface area is 127 Å². The quantitative estimate of drug-likeness (QED) is 0.693. The smallest absolute Gasteiger partial charge is 0.221 e. The zero-order chi connectivity index (χ0) is 15.1. The van der Waals surface area contributed by atoms with Crippen LogP contribution in [0.15, 0.2) is 0 Å². The second-order valence-electron chi connectivity index (χ2n) is 6.56. The lowest BCUT2D eigenvalue weighted by molar-refractivity contribution is -0.123. The summed E-state index contributed by atoms with van der Waals surface area (Å²) < 4.78 is 0. The number of amides is 2. The maximum Gasteiger partial charge on any atom is 0.221 e. The molecule has 120 valence electrons. The van der Waals surface area contributed by atoms with Crippen molar-refractivity contribution in [3.63, 3.8) is 0 Å². The van der Waals surface area contributed by atoms with E-state index in [2.05, 4.69) is 10.6 Å². The van der Waals surface area contributed by atoms with Crippen molar-refractivity contribution in [2.24, 2.45) is 11.7 Å². The second-order valence-corrected chi connectivity index (χ2v) is 6.56. The first kappa shape index (κ1) is 16.3. The molecule has 21 heavy (non-hydrogen) atoms. The molecule has 2 aliphatic rings. The van der Waals surface area contributed by atoms with Crippen LogP contribution in [0.2, 0.25) is 0 Å². The van der Waals surface area contributed by atoms with Gasteiger partial charge >= 0.3 is 0 Å². The van der Waals surface area contributed by atoms with Crippen molar-refractivity contribution in [3.05, 3.63) is 0 Å². The van der Waals surface area contributed by atoms with Gasteiger partial charge in [-0.05, 0) is 31.6 Å². The lowest BCUT2D eigenvalue weighted by Crippen LogP contribution is -2.38. The highest BCUT2D eigenvalue weighted by Gasteiger charge is 2.25. The number of carbonyl (C=O) groups excluding carboxylic acids is 2. The molecular weight excluding hydrogens is 266 g/mol. The maximum atomic E-state index is 11.8. The first-order valence-corrected chi connectivity index (χ1v) is 8.47. The van der Waals surface area contributed by atoms with Crippen LogP contribution in [0.25, 0.3) is 0 Å². The van der Waals surface area contributed by atoms with Gasteiger partial charge in [-0.2, -0.15) is 0 Å². The Morgan fingerprint density at radius 1 is 0.952 bits per heavy atom. The molecule has 0 bridgehead atoms. The van der Waals surface area contributed by atoms with E-state index in [0.717, 1.165) is 32.1 Å². The topological polar surface area (TPSA) is 84.2 Å². The van der Waals surface area contributed by atoms with Gasteiger partial charge < -0.3 is 16.4 Å². The summed E-state index contributed by atoms with van der Waals surface area (Å²) >= 11 is 0. The van der Waals surface area contributed by atoms with E-state index in [1.165, 1.54) is 19.3 Å². The van der Waals surface area contributed by atoms with Crippen LogP contribution in [0.1, 0.15) is 64.2 Å². The molecule has 5 nitrogen and oxygen atoms in total. The normalized spacial score (nSPS) is 26.5. The molecule has 0 aliphatic heterocycles. The van der Waals surface area contributed by atoms with Crippen molar-refractivity contribution in [3.8, 4) is 0 Å². The Hall–Kier alpha value is -1.10. The van der Waals surface area contributed by atoms with E-state index < -0.39 is 0 Å². The van der Waals surface area contributed by atoms with Crippen LogP contribution in [0.5, 0.6) is 0 Å². The Morgan fingerprint density at radius 2 is 1.71 bits per heavy atom. The predicted octanol–water partition coefficient (Wildman–Crippen LogP) is 1.46. The van der Waals surface area contributed by atoms with E-state index in [9.17, 15) is 9.59 Å². The molecule has 0 spiro atoms. The van der Waals surface area contributed by atoms with Crippen molar-refractivity contribution in [2.75, 3.05) is 6.54 Å². The molecule has 0 aromatic carbocycles. The van der Waals surface area contributed by atoms with Gasteiger partial charge in [0, 0.05) is 31.5 Å². The van der Waals surface area contributed by atoms with Crippen molar-refractivity contribution >= 4 is 11.8 Å². The molecule has 0 saturated heterocycles. The molecule has 2 saturated carbocycles. The highest BCUT2D eigenvalue weighted by atomic mass is 16.2. The number of rotatable bonds is 6. The van der Waals surface area contributed by atoms with Crippen molar-refractivity contribution in [1.29, 1.82) is 0 Å². The summed E-state index contributed by atoms with van der Waals surface area (Å²) in [5, 5.41) is 5.91. The fourth-order valence-electron chi connectivity index (χ4n) is 3.49. The monoisotopic (exact) mass is 295 g/mol. The van der Waals surface area contributed by atoms with Gasteiger partial charge in [0.15, 0.2) is 0 Å². The maximum absolute atomic E-state index is 11.8. The summed E-state index contributed by atoms with van der Waals surface area (Å²) in [5.41, 5.74) is 5.96. The van der Waals surface area contributed by atoms with Gasteiger partial charge in [-0.3, -0.25) is 9.59 Å². The van der Waals surface area contributed by atoms with Gasteiger partial charge in [0.25, 0.3) is 0 Å². The predicted molar refractivity (Wildman–Crippen MR) is 82.6 cm³/mol. The van der Waals surface area contributed by atoms with Crippen LogP contribution in [0.3, 0.4) is 0 Å². The summed E-state index contributed by atoms with van der Waals surface area (Å²) in [6, 6.07) is 0.517. The van der Waals surface area contributed by atoms with Gasteiger partial charge in [0.05, 0.1) is 0 Å². The van der Waals surface area contributed by atoms with Crippen LogP contribution >= 0.6 is 0 Å². The molecule has 4 N–H and O–H groups in total. The van der Waals surface area contributed by atoms with Crippen LogP contribution in [0.4, 0.5) is 0 Å². The molecule has 0 heterocycles. The minimum atomic E-state index is 0.0304. The molecule has 2 rings (SSSR count). The zero-order valence-corrected chi connectivity index (χ0v) is 12.9. The summed E-state index contributed by atoms with van der Waals surface area (Å²) in [6.45, 7) is 0.430. The number of nitrogens with one attached hydrogen (secondary N) is 2. The number of carbonyl (C=O) groups is 2. The fourth-order valence-corrected chi connectivity index (χ4v) is 3.49. The largest absolute Gasteiger partial charge is 0.356 e. The SMILES string of the molecule is N[C@@H]1CCC[C@H]1CC(=O)NCCC(=O)NC1CCCCC1. The molecule has 0 aromatic heterocycles. The van der Waals surface area contributed by atoms with Crippen molar-refractivity contribution < 1.29 is 9.59 Å². The summed E-state index contributed by atoms with van der Waals surface area (Å²) in [5.74, 6) is 0.406. The molecule has 0 unspecified atom stereocenters. The summed E-state index contributed by atoms with van der Waals surface area (Å²) in [7, 11) is 0. The minimum absolute atomic E-state index is 0.0304. The molecule has 2 fully saturated rings. The van der Waals surface area contributed by atoms with Crippen LogP contribution in [-0.2, 0) is 9.59 Å². The molecular formula is C16H29N3O2. The van der Waals surface area contributed by atoms with E-state index in [4.69, 9.17) is 5.73 Å². The van der Waals surface area contributed by atoms with E-state index in [1.807, 2.05) is 0 Å². The van der Waals surface area contributed by atoms with E-state index >= 15 is 0 Å². The van der Waals surface area contributed by atoms with Gasteiger partial charge in [-0.1, -0.05) is 25.7 Å². The van der Waals surface area contributed by atoms with E-state index in [1.54, 1.807) is 0 Å². The Balaban J connectivity index is 1.55. The van der Waals surface area contributed by atoms with Gasteiger partial charge in [-0.15, -0.1) is 0 Å². The lowest BCUT2D eigenvalue weighted by atomic mass is 9.95. The van der Waals surface area contributed by atoms with Gasteiger partial charge in [0.2, 0.25) is 11.8 Å². The number of nitrogens with two attached hydrogens (primary N) is 1. The summed E-state index contributed by atoms with van der Waals surface area (Å²) in [6.07, 6.45) is 9.99. The third-order valence-corrected chi connectivity index (χ3v) is 4.81. The van der Waals surface area contributed by atoms with E-state index in [-0.39, 0.29) is 17.9 Å². The van der Waals surface area contributed by atoms with Crippen LogP contribution < -0.4 is 16.4 Å². The molecule has 0 aromatic rings. The Bertz CT molecular complexity index is 353. The Morgan fingerprint density at radius 3 is 2.38 bits per heavy atom. The van der Waals surface area contributed by atoms with Gasteiger partial charge in [-0.25, -0.2) is 0 Å². The van der Waals surface area contributed by atoms with Gasteiger partial charge in [0.1, 0.15) is 0 Å². The standard InChI is InChI=1S/C16H29N3O2/c17-14-8-4-5-12(14)11-16(21)18-10-9-15(20)19-13-6-2-1-3-7-13/h12-14H,1-11,17H2,(H,18,21)(H,19,20)/t12-,14+/m0/s1. The Kier molecular flexibility index (Phi) is 6.49. The first-order chi connectivity index (χ1) is 10.1. The average Bonchev–Trinajstić information content (AvgIpc) is 2.85. The van der Waals surface area contributed by atoms with Crippen molar-refractivity contribution in [1.82, 2.24) is 10.6 Å². The van der Waals surface area contributed by atoms with E-state index in [0.29, 0.717) is 31.3 Å². The fraction of sp³-hybridized carbons (Fsp3) is 0.875. The zero-order valence-electron chi connectivity index (χ0n) is 12.9. The number of hydrogen-bond acceptors (Lipinski definition) is 3. The molecule has 5 heteroatoms. The molecule has 0 radical (unpaired) electrons. The van der Waals surface area contributed by atoms with Crippen LogP contribution in [0, 0.1) is 5.92 Å². The third-order valence-electron chi connectivity index (χ3n) is 4.81. The first-order valence-electron chi connectivity index (χ1n) is 8.47. The van der Waals surface area contributed by atoms with Crippen LogP contribution in [-0.4, -0.2) is 30.4 Å².